The van der Waals surface area contributed by atoms with E-state index in [2.05, 4.69) is 25.7 Å². The molecule has 3 aromatic carbocycles. The Morgan fingerprint density at radius 2 is 1.80 bits per heavy atom. The molecular formula is C26H17BrCl2F2N2O2. The Bertz CT molecular complexity index is 1440. The number of benzene rings is 3. The molecule has 0 amide bonds. The maximum atomic E-state index is 14.8. The highest BCUT2D eigenvalue weighted by molar-refractivity contribution is 9.10. The summed E-state index contributed by atoms with van der Waals surface area (Å²) in [6.07, 6.45) is 5.32. The lowest BCUT2D eigenvalue weighted by Crippen LogP contribution is -2.10. The van der Waals surface area contributed by atoms with Gasteiger partial charge in [0.25, 0.3) is 0 Å². The van der Waals surface area contributed by atoms with Gasteiger partial charge in [-0.05, 0) is 48.0 Å². The molecule has 4 rings (SSSR count). The third kappa shape index (κ3) is 5.64. The average molecular weight is 578 g/mol. The summed E-state index contributed by atoms with van der Waals surface area (Å²) in [5.74, 6) is -2.85. The third-order valence-corrected chi connectivity index (χ3v) is 6.29. The first-order valence-corrected chi connectivity index (χ1v) is 11.8. The number of carbonyl (C=O) groups is 1. The fourth-order valence-corrected chi connectivity index (χ4v) is 4.19. The molecule has 0 aliphatic rings. The van der Waals surface area contributed by atoms with Crippen molar-refractivity contribution in [1.82, 2.24) is 9.55 Å². The van der Waals surface area contributed by atoms with E-state index in [4.69, 9.17) is 23.2 Å². The lowest BCUT2D eigenvalue weighted by atomic mass is 10.1. The molecule has 0 aliphatic heterocycles. The van der Waals surface area contributed by atoms with Gasteiger partial charge in [0.05, 0.1) is 29.9 Å². The second-order valence-electron chi connectivity index (χ2n) is 7.51. The third-order valence-electron chi connectivity index (χ3n) is 5.22. The van der Waals surface area contributed by atoms with Gasteiger partial charge in [0.1, 0.15) is 5.82 Å². The molecule has 0 radical (unpaired) electrons. The monoisotopic (exact) mass is 576 g/mol. The second kappa shape index (κ2) is 10.7. The molecule has 4 aromatic rings. The van der Waals surface area contributed by atoms with Crippen LogP contribution in [-0.2, 0) is 11.3 Å². The standard InChI is InChI=1S/C26H17BrCl2F2N2O2/c1-35-26(34)20-9-5-16(24(30)25(20)31)13-33-14-22(19-10-8-18(28)12-21(19)29)32-23(33)11-4-15-2-6-17(27)7-3-15/h2-12,14H,13H2,1H3/b11-4+. The number of imidazole rings is 1. The van der Waals surface area contributed by atoms with E-state index in [1.54, 1.807) is 35.0 Å². The van der Waals surface area contributed by atoms with Crippen LogP contribution < -0.4 is 0 Å². The summed E-state index contributed by atoms with van der Waals surface area (Å²) in [4.78, 5) is 16.3. The Morgan fingerprint density at radius 1 is 1.06 bits per heavy atom. The number of nitrogens with zero attached hydrogens (tertiary/aromatic N) is 2. The van der Waals surface area contributed by atoms with Crippen LogP contribution in [0.5, 0.6) is 0 Å². The first-order chi connectivity index (χ1) is 16.8. The molecule has 0 saturated heterocycles. The SMILES string of the molecule is COC(=O)c1ccc(Cn2cc(-c3ccc(Cl)cc3Cl)nc2/C=C/c2ccc(Br)cc2)c(F)c1F. The van der Waals surface area contributed by atoms with Crippen LogP contribution in [0.25, 0.3) is 23.4 Å². The Balaban J connectivity index is 1.76. The van der Waals surface area contributed by atoms with E-state index in [1.165, 1.54) is 12.1 Å². The number of hydrogen-bond donors (Lipinski definition) is 0. The first-order valence-electron chi connectivity index (χ1n) is 10.3. The van der Waals surface area contributed by atoms with Gasteiger partial charge in [0.15, 0.2) is 11.6 Å². The zero-order valence-electron chi connectivity index (χ0n) is 18.2. The topological polar surface area (TPSA) is 44.1 Å². The van der Waals surface area contributed by atoms with Gasteiger partial charge >= 0.3 is 5.97 Å². The average Bonchev–Trinajstić information content (AvgIpc) is 3.23. The van der Waals surface area contributed by atoms with Crippen LogP contribution in [0, 0.1) is 11.6 Å². The van der Waals surface area contributed by atoms with E-state index in [1.807, 2.05) is 30.3 Å². The number of hydrogen-bond acceptors (Lipinski definition) is 3. The van der Waals surface area contributed by atoms with E-state index in [0.717, 1.165) is 17.1 Å². The minimum Gasteiger partial charge on any atom is -0.465 e. The van der Waals surface area contributed by atoms with Crippen molar-refractivity contribution in [2.24, 2.45) is 0 Å². The van der Waals surface area contributed by atoms with Crippen molar-refractivity contribution in [3.05, 3.63) is 109 Å². The van der Waals surface area contributed by atoms with Crippen molar-refractivity contribution in [3.63, 3.8) is 0 Å². The Labute approximate surface area is 218 Å². The molecule has 9 heteroatoms. The lowest BCUT2D eigenvalue weighted by molar-refractivity contribution is 0.0594. The van der Waals surface area contributed by atoms with Gasteiger partial charge in [-0.25, -0.2) is 18.6 Å². The summed E-state index contributed by atoms with van der Waals surface area (Å²) >= 11 is 15.8. The van der Waals surface area contributed by atoms with Gasteiger partial charge in [0, 0.05) is 26.8 Å². The number of methoxy groups -OCH3 is 1. The smallest absolute Gasteiger partial charge is 0.340 e. The fraction of sp³-hybridized carbons (Fsp3) is 0.0769. The summed E-state index contributed by atoms with van der Waals surface area (Å²) in [6, 6.07) is 15.3. The highest BCUT2D eigenvalue weighted by Crippen LogP contribution is 2.31. The zero-order chi connectivity index (χ0) is 25.1. The van der Waals surface area contributed by atoms with Crippen molar-refractivity contribution in [3.8, 4) is 11.3 Å². The number of ether oxygens (including phenoxy) is 1. The van der Waals surface area contributed by atoms with Crippen LogP contribution in [0.4, 0.5) is 8.78 Å². The Kier molecular flexibility index (Phi) is 7.69. The maximum Gasteiger partial charge on any atom is 0.340 e. The van der Waals surface area contributed by atoms with Gasteiger partial charge in [-0.3, -0.25) is 0 Å². The molecule has 0 unspecified atom stereocenters. The van der Waals surface area contributed by atoms with Crippen LogP contribution in [0.15, 0.2) is 65.3 Å². The van der Waals surface area contributed by atoms with Crippen LogP contribution in [0.2, 0.25) is 10.0 Å². The van der Waals surface area contributed by atoms with E-state index in [9.17, 15) is 13.6 Å². The van der Waals surface area contributed by atoms with Crippen molar-refractivity contribution in [2.75, 3.05) is 7.11 Å². The van der Waals surface area contributed by atoms with Crippen LogP contribution in [0.1, 0.15) is 27.3 Å². The summed E-state index contributed by atoms with van der Waals surface area (Å²) in [5, 5.41) is 0.891. The van der Waals surface area contributed by atoms with Gasteiger partial charge < -0.3 is 9.30 Å². The minimum absolute atomic E-state index is 0.0393. The molecule has 1 aromatic heterocycles. The number of rotatable bonds is 6. The molecule has 0 fully saturated rings. The lowest BCUT2D eigenvalue weighted by Gasteiger charge is -2.09. The molecule has 0 spiro atoms. The fourth-order valence-electron chi connectivity index (χ4n) is 3.42. The molecule has 0 atom stereocenters. The Morgan fingerprint density at radius 3 is 2.49 bits per heavy atom. The van der Waals surface area contributed by atoms with Gasteiger partial charge in [0.2, 0.25) is 0 Å². The Hall–Kier alpha value is -3.00. The first kappa shape index (κ1) is 25.1. The molecular weight excluding hydrogens is 561 g/mol. The van der Waals surface area contributed by atoms with Crippen molar-refractivity contribution < 1.29 is 18.3 Å². The summed E-state index contributed by atoms with van der Waals surface area (Å²) in [6.45, 7) is -0.0393. The predicted octanol–water partition coefficient (Wildman–Crippen LogP) is 7.90. The van der Waals surface area contributed by atoms with E-state index < -0.39 is 23.2 Å². The molecule has 35 heavy (non-hydrogen) atoms. The van der Waals surface area contributed by atoms with Gasteiger partial charge in [-0.2, -0.15) is 0 Å². The highest BCUT2D eigenvalue weighted by atomic mass is 79.9. The number of esters is 1. The van der Waals surface area contributed by atoms with Crippen LogP contribution in [-0.4, -0.2) is 22.6 Å². The summed E-state index contributed by atoms with van der Waals surface area (Å²) < 4.78 is 36.5. The van der Waals surface area contributed by atoms with Crippen LogP contribution >= 0.6 is 39.1 Å². The van der Waals surface area contributed by atoms with E-state index >= 15 is 0 Å². The number of carbonyl (C=O) groups excluding carboxylic acids is 1. The van der Waals surface area contributed by atoms with Crippen molar-refractivity contribution in [2.45, 2.75) is 6.54 Å². The highest BCUT2D eigenvalue weighted by Gasteiger charge is 2.20. The minimum atomic E-state index is -1.26. The summed E-state index contributed by atoms with van der Waals surface area (Å²) in [7, 11) is 1.10. The number of halogens is 5. The molecule has 0 aliphatic carbocycles. The number of aromatic nitrogens is 2. The molecule has 0 N–H and O–H groups in total. The second-order valence-corrected chi connectivity index (χ2v) is 9.27. The van der Waals surface area contributed by atoms with Crippen molar-refractivity contribution in [1.29, 1.82) is 0 Å². The molecule has 0 saturated carbocycles. The largest absolute Gasteiger partial charge is 0.465 e. The summed E-state index contributed by atoms with van der Waals surface area (Å²) in [5.41, 5.74) is 1.67. The predicted molar refractivity (Wildman–Crippen MR) is 138 cm³/mol. The quantitative estimate of drug-likeness (QED) is 0.219. The van der Waals surface area contributed by atoms with E-state index in [-0.39, 0.29) is 12.1 Å². The maximum absolute atomic E-state index is 14.8. The molecule has 0 bridgehead atoms. The van der Waals surface area contributed by atoms with Crippen molar-refractivity contribution >= 4 is 57.3 Å². The van der Waals surface area contributed by atoms with Crippen LogP contribution in [0.3, 0.4) is 0 Å². The van der Waals surface area contributed by atoms with E-state index in [0.29, 0.717) is 27.1 Å². The molecule has 4 nitrogen and oxygen atoms in total. The molecule has 1 heterocycles. The zero-order valence-corrected chi connectivity index (χ0v) is 21.3. The van der Waals surface area contributed by atoms with Gasteiger partial charge in [-0.1, -0.05) is 63.4 Å². The molecule has 178 valence electrons. The normalized spacial score (nSPS) is 11.3. The van der Waals surface area contributed by atoms with Gasteiger partial charge in [-0.15, -0.1) is 0 Å².